The largest absolute Gasteiger partial charge is 0.0616 e. The van der Waals surface area contributed by atoms with Crippen LogP contribution in [0.25, 0.3) is 21.9 Å². The van der Waals surface area contributed by atoms with Crippen LogP contribution in [0.4, 0.5) is 0 Å². The van der Waals surface area contributed by atoms with E-state index in [1.54, 1.807) is 16.7 Å². The number of hydrogen-bond acceptors (Lipinski definition) is 0. The molecule has 0 nitrogen and oxygen atoms in total. The van der Waals surface area contributed by atoms with E-state index in [1.807, 2.05) is 0 Å². The first-order valence-electron chi connectivity index (χ1n) is 14.3. The lowest BCUT2D eigenvalue weighted by atomic mass is 9.70. The van der Waals surface area contributed by atoms with Crippen LogP contribution in [0.5, 0.6) is 0 Å². The molecule has 0 bridgehead atoms. The van der Waals surface area contributed by atoms with Crippen LogP contribution < -0.4 is 0 Å². The molecule has 0 radical (unpaired) electrons. The lowest BCUT2D eigenvalue weighted by molar-refractivity contribution is 0.394. The monoisotopic (exact) mass is 452 g/mol. The molecule has 1 fully saturated rings. The second-order valence-corrected chi connectivity index (χ2v) is 11.4. The highest BCUT2D eigenvalue weighted by molar-refractivity contribution is 6.04. The smallest absolute Gasteiger partial charge is 0.0215 e. The van der Waals surface area contributed by atoms with Gasteiger partial charge in [-0.1, -0.05) is 138 Å². The normalized spacial score (nSPS) is 19.7. The molecule has 1 saturated carbocycles. The summed E-state index contributed by atoms with van der Waals surface area (Å²) in [6, 6.07) is 19.1. The molecule has 0 atom stereocenters. The molecule has 2 aliphatic carbocycles. The summed E-state index contributed by atoms with van der Waals surface area (Å²) in [5, 5.41) is 2.89. The van der Waals surface area contributed by atoms with Crippen molar-refractivity contribution in [1.29, 1.82) is 0 Å². The summed E-state index contributed by atoms with van der Waals surface area (Å²) in [5.41, 5.74) is 9.41. The maximum absolute atomic E-state index is 2.59. The van der Waals surface area contributed by atoms with Gasteiger partial charge in [0.05, 0.1) is 0 Å². The fourth-order valence-corrected chi connectivity index (χ4v) is 7.10. The SMILES string of the molecule is Cc1ccc2c(c1)C1(CCCCCCCCCCCCCCC1)c1cc(C)c3ccccc3c1-2. The average Bonchev–Trinajstić information content (AvgIpc) is 3.10. The quantitative estimate of drug-likeness (QED) is 0.318. The van der Waals surface area contributed by atoms with E-state index < -0.39 is 0 Å². The molecule has 0 N–H and O–H groups in total. The van der Waals surface area contributed by atoms with Gasteiger partial charge in [0.25, 0.3) is 0 Å². The fourth-order valence-electron chi connectivity index (χ4n) is 7.10. The standard InChI is InChI=1S/C34H44/c1-26-20-21-30-31(24-26)34(32-25-27(2)28-18-14-15-19-29(28)33(30)32)22-16-12-10-8-6-4-3-5-7-9-11-13-17-23-34/h14-15,18-21,24-25H,3-13,16-17,22-23H2,1-2H3. The zero-order valence-electron chi connectivity index (χ0n) is 21.7. The number of hydrogen-bond donors (Lipinski definition) is 0. The maximum atomic E-state index is 2.59. The third kappa shape index (κ3) is 4.58. The lowest BCUT2D eigenvalue weighted by Gasteiger charge is -2.33. The Hall–Kier alpha value is -2.08. The van der Waals surface area contributed by atoms with Gasteiger partial charge in [0, 0.05) is 5.41 Å². The molecule has 0 amide bonds. The molecule has 5 rings (SSSR count). The topological polar surface area (TPSA) is 0 Å². The Morgan fingerprint density at radius 3 is 1.65 bits per heavy atom. The number of benzene rings is 3. The van der Waals surface area contributed by atoms with E-state index in [2.05, 4.69) is 62.4 Å². The molecule has 0 aromatic heterocycles. The molecule has 0 heterocycles. The van der Waals surface area contributed by atoms with Gasteiger partial charge in [-0.05, 0) is 65.3 Å². The fraction of sp³-hybridized carbons (Fsp3) is 0.529. The van der Waals surface area contributed by atoms with Crippen LogP contribution in [0.3, 0.4) is 0 Å². The summed E-state index contributed by atoms with van der Waals surface area (Å²) in [7, 11) is 0. The van der Waals surface area contributed by atoms with Crippen molar-refractivity contribution in [2.75, 3.05) is 0 Å². The third-order valence-corrected chi connectivity index (χ3v) is 8.93. The molecule has 3 aromatic carbocycles. The van der Waals surface area contributed by atoms with Gasteiger partial charge < -0.3 is 0 Å². The van der Waals surface area contributed by atoms with E-state index in [1.165, 1.54) is 124 Å². The lowest BCUT2D eigenvalue weighted by Crippen LogP contribution is -2.26. The highest BCUT2D eigenvalue weighted by Crippen LogP contribution is 2.56. The van der Waals surface area contributed by atoms with E-state index >= 15 is 0 Å². The van der Waals surface area contributed by atoms with Crippen molar-refractivity contribution in [3.05, 3.63) is 70.8 Å². The second-order valence-electron chi connectivity index (χ2n) is 11.4. The van der Waals surface area contributed by atoms with Crippen molar-refractivity contribution in [2.24, 2.45) is 0 Å². The predicted molar refractivity (Wildman–Crippen MR) is 149 cm³/mol. The van der Waals surface area contributed by atoms with Gasteiger partial charge in [0.1, 0.15) is 0 Å². The van der Waals surface area contributed by atoms with Crippen molar-refractivity contribution in [1.82, 2.24) is 0 Å². The van der Waals surface area contributed by atoms with Gasteiger partial charge >= 0.3 is 0 Å². The van der Waals surface area contributed by atoms with Crippen molar-refractivity contribution >= 4 is 10.8 Å². The zero-order valence-corrected chi connectivity index (χ0v) is 21.7. The first-order chi connectivity index (χ1) is 16.7. The molecule has 3 aromatic rings. The Labute approximate surface area is 208 Å². The van der Waals surface area contributed by atoms with Gasteiger partial charge in [-0.3, -0.25) is 0 Å². The van der Waals surface area contributed by atoms with Crippen molar-refractivity contribution in [3.8, 4) is 11.1 Å². The zero-order chi connectivity index (χ0) is 23.4. The number of fused-ring (bicyclic) bond motifs is 7. The van der Waals surface area contributed by atoms with Crippen LogP contribution >= 0.6 is 0 Å². The number of rotatable bonds is 0. The van der Waals surface area contributed by atoms with Crippen molar-refractivity contribution in [3.63, 3.8) is 0 Å². The minimum atomic E-state index is 0.197. The summed E-state index contributed by atoms with van der Waals surface area (Å²) in [5.74, 6) is 0. The first-order valence-corrected chi connectivity index (χ1v) is 14.3. The summed E-state index contributed by atoms with van der Waals surface area (Å²) >= 11 is 0. The van der Waals surface area contributed by atoms with Crippen LogP contribution in [0.15, 0.2) is 48.5 Å². The van der Waals surface area contributed by atoms with Crippen LogP contribution in [-0.2, 0) is 5.41 Å². The molecule has 34 heavy (non-hydrogen) atoms. The highest BCUT2D eigenvalue weighted by Gasteiger charge is 2.43. The Balaban J connectivity index is 1.58. The predicted octanol–water partition coefficient (Wildman–Crippen LogP) is 10.6. The Kier molecular flexibility index (Phi) is 7.43. The maximum Gasteiger partial charge on any atom is 0.0215 e. The van der Waals surface area contributed by atoms with Crippen LogP contribution in [0, 0.1) is 13.8 Å². The van der Waals surface area contributed by atoms with E-state index in [9.17, 15) is 0 Å². The number of aryl methyl sites for hydroxylation is 2. The minimum Gasteiger partial charge on any atom is -0.0616 e. The third-order valence-electron chi connectivity index (χ3n) is 8.93. The van der Waals surface area contributed by atoms with Crippen LogP contribution in [-0.4, -0.2) is 0 Å². The molecule has 0 heteroatoms. The molecule has 180 valence electrons. The summed E-state index contributed by atoms with van der Waals surface area (Å²) in [4.78, 5) is 0. The van der Waals surface area contributed by atoms with E-state index in [4.69, 9.17) is 0 Å². The Bertz CT molecular complexity index is 1100. The minimum absolute atomic E-state index is 0.197. The Morgan fingerprint density at radius 2 is 1.06 bits per heavy atom. The van der Waals surface area contributed by atoms with Gasteiger partial charge in [-0.25, -0.2) is 0 Å². The van der Waals surface area contributed by atoms with Gasteiger partial charge in [-0.15, -0.1) is 0 Å². The van der Waals surface area contributed by atoms with Crippen LogP contribution in [0.1, 0.15) is 119 Å². The first kappa shape index (κ1) is 23.7. The molecule has 1 spiro atoms. The van der Waals surface area contributed by atoms with Gasteiger partial charge in [0.2, 0.25) is 0 Å². The van der Waals surface area contributed by atoms with E-state index in [0.717, 1.165) is 0 Å². The summed E-state index contributed by atoms with van der Waals surface area (Å²) in [6.07, 6.45) is 21.1. The van der Waals surface area contributed by atoms with Crippen molar-refractivity contribution in [2.45, 2.75) is 116 Å². The molecule has 0 unspecified atom stereocenters. The molecular weight excluding hydrogens is 408 g/mol. The highest BCUT2D eigenvalue weighted by atomic mass is 14.5. The summed E-state index contributed by atoms with van der Waals surface area (Å²) < 4.78 is 0. The molecular formula is C34H44. The van der Waals surface area contributed by atoms with E-state index in [-0.39, 0.29) is 5.41 Å². The molecule has 0 aliphatic heterocycles. The van der Waals surface area contributed by atoms with Crippen LogP contribution in [0.2, 0.25) is 0 Å². The molecule has 0 saturated heterocycles. The van der Waals surface area contributed by atoms with Gasteiger partial charge in [-0.2, -0.15) is 0 Å². The Morgan fingerprint density at radius 1 is 0.529 bits per heavy atom. The molecule has 2 aliphatic rings. The summed E-state index contributed by atoms with van der Waals surface area (Å²) in [6.45, 7) is 4.62. The second kappa shape index (κ2) is 10.7. The average molecular weight is 453 g/mol. The van der Waals surface area contributed by atoms with Gasteiger partial charge in [0.15, 0.2) is 0 Å². The van der Waals surface area contributed by atoms with Crippen molar-refractivity contribution < 1.29 is 0 Å². The van der Waals surface area contributed by atoms with E-state index in [0.29, 0.717) is 0 Å².